The summed E-state index contributed by atoms with van der Waals surface area (Å²) in [6.45, 7) is 1.61. The molecule has 0 bridgehead atoms. The van der Waals surface area contributed by atoms with E-state index < -0.39 is 23.3 Å². The van der Waals surface area contributed by atoms with Crippen molar-refractivity contribution in [2.75, 3.05) is 18.0 Å². The largest absolute Gasteiger partial charge is 0.477 e. The molecule has 0 saturated carbocycles. The zero-order valence-electron chi connectivity index (χ0n) is 11.0. The zero-order chi connectivity index (χ0) is 14.9. The number of hydrogen-bond acceptors (Lipinski definition) is 3. The Kier molecular flexibility index (Phi) is 3.87. The molecule has 1 fully saturated rings. The molecule has 2 heterocycles. The monoisotopic (exact) mass is 288 g/mol. The van der Waals surface area contributed by atoms with Crippen molar-refractivity contribution in [3.8, 4) is 0 Å². The van der Waals surface area contributed by atoms with Gasteiger partial charge in [0.25, 0.3) is 0 Å². The number of pyridine rings is 1. The van der Waals surface area contributed by atoms with Crippen LogP contribution < -0.4 is 4.90 Å². The van der Waals surface area contributed by atoms with Crippen molar-refractivity contribution in [1.82, 2.24) is 4.98 Å². The Morgan fingerprint density at radius 3 is 2.75 bits per heavy atom. The summed E-state index contributed by atoms with van der Waals surface area (Å²) in [6, 6.07) is 0. The van der Waals surface area contributed by atoms with Gasteiger partial charge in [0, 0.05) is 37.7 Å². The summed E-state index contributed by atoms with van der Waals surface area (Å²) in [5.74, 6) is -5.14. The average molecular weight is 288 g/mol. The second kappa shape index (κ2) is 5.30. The van der Waals surface area contributed by atoms with Gasteiger partial charge >= 0.3 is 5.97 Å². The average Bonchev–Trinajstić information content (AvgIpc) is 2.53. The van der Waals surface area contributed by atoms with Crippen LogP contribution in [0.25, 0.3) is 0 Å². The first-order valence-electron chi connectivity index (χ1n) is 6.33. The van der Waals surface area contributed by atoms with E-state index in [9.17, 15) is 18.0 Å². The smallest absolute Gasteiger partial charge is 0.342 e. The molecule has 110 valence electrons. The minimum absolute atomic E-state index is 0.0389. The third-order valence-electron chi connectivity index (χ3n) is 3.40. The Bertz CT molecular complexity index is 535. The Labute approximate surface area is 114 Å². The van der Waals surface area contributed by atoms with E-state index in [4.69, 9.17) is 5.11 Å². The summed E-state index contributed by atoms with van der Waals surface area (Å²) in [4.78, 5) is 16.6. The minimum Gasteiger partial charge on any atom is -0.477 e. The Morgan fingerprint density at radius 1 is 1.40 bits per heavy atom. The summed E-state index contributed by atoms with van der Waals surface area (Å²) < 4.78 is 40.6. The van der Waals surface area contributed by atoms with Crippen molar-refractivity contribution in [3.05, 3.63) is 23.1 Å². The number of anilines is 1. The van der Waals surface area contributed by atoms with Gasteiger partial charge in [-0.05, 0) is 13.3 Å². The number of aryl methyl sites for hydroxylation is 1. The fourth-order valence-electron chi connectivity index (χ4n) is 2.28. The Morgan fingerprint density at radius 2 is 2.10 bits per heavy atom. The molecular weight excluding hydrogens is 273 g/mol. The minimum atomic E-state index is -2.76. The van der Waals surface area contributed by atoms with Crippen molar-refractivity contribution >= 4 is 11.8 Å². The SMILES string of the molecule is Cc1cnc(N2CCCC(F)(F)CC2)c(C(=O)O)c1F. The predicted octanol–water partition coefficient (Wildman–Crippen LogP) is 2.85. The standard InChI is InChI=1S/C13H15F3N2O2/c1-8-7-17-11(9(10(8)14)12(19)20)18-5-2-3-13(15,16)4-6-18/h7H,2-6H2,1H3,(H,19,20). The van der Waals surface area contributed by atoms with Gasteiger partial charge in [-0.2, -0.15) is 0 Å². The lowest BCUT2D eigenvalue weighted by Gasteiger charge is -2.23. The van der Waals surface area contributed by atoms with Crippen LogP contribution in [0, 0.1) is 12.7 Å². The highest BCUT2D eigenvalue weighted by atomic mass is 19.3. The fourth-order valence-corrected chi connectivity index (χ4v) is 2.28. The molecule has 20 heavy (non-hydrogen) atoms. The van der Waals surface area contributed by atoms with E-state index in [0.29, 0.717) is 0 Å². The van der Waals surface area contributed by atoms with Gasteiger partial charge in [0.1, 0.15) is 17.2 Å². The lowest BCUT2D eigenvalue weighted by molar-refractivity contribution is -0.0102. The topological polar surface area (TPSA) is 53.4 Å². The van der Waals surface area contributed by atoms with Crippen molar-refractivity contribution in [1.29, 1.82) is 0 Å². The highest BCUT2D eigenvalue weighted by Crippen LogP contribution is 2.31. The molecule has 0 atom stereocenters. The van der Waals surface area contributed by atoms with Gasteiger partial charge in [0.05, 0.1) is 0 Å². The molecule has 0 spiro atoms. The van der Waals surface area contributed by atoms with Crippen LogP contribution in [0.2, 0.25) is 0 Å². The number of rotatable bonds is 2. The third kappa shape index (κ3) is 2.86. The van der Waals surface area contributed by atoms with E-state index in [1.165, 1.54) is 18.0 Å². The summed E-state index contributed by atoms with van der Waals surface area (Å²) in [5.41, 5.74) is -0.429. The summed E-state index contributed by atoms with van der Waals surface area (Å²) in [7, 11) is 0. The van der Waals surface area contributed by atoms with Crippen molar-refractivity contribution in [3.63, 3.8) is 0 Å². The highest BCUT2D eigenvalue weighted by Gasteiger charge is 2.33. The van der Waals surface area contributed by atoms with Crippen LogP contribution in [0.5, 0.6) is 0 Å². The molecular formula is C13H15F3N2O2. The molecule has 0 unspecified atom stereocenters. The van der Waals surface area contributed by atoms with Crippen LogP contribution in [0.15, 0.2) is 6.20 Å². The molecule has 1 saturated heterocycles. The molecule has 1 aromatic heterocycles. The molecule has 0 amide bonds. The van der Waals surface area contributed by atoms with Crippen molar-refractivity contribution in [2.24, 2.45) is 0 Å². The van der Waals surface area contributed by atoms with E-state index in [0.717, 1.165) is 0 Å². The maximum Gasteiger partial charge on any atom is 0.342 e. The second-order valence-electron chi connectivity index (χ2n) is 4.96. The van der Waals surface area contributed by atoms with Crippen LogP contribution >= 0.6 is 0 Å². The molecule has 1 N–H and O–H groups in total. The van der Waals surface area contributed by atoms with E-state index in [2.05, 4.69) is 4.98 Å². The van der Waals surface area contributed by atoms with Crippen LogP contribution in [-0.2, 0) is 0 Å². The predicted molar refractivity (Wildman–Crippen MR) is 66.9 cm³/mol. The molecule has 2 rings (SSSR count). The third-order valence-corrected chi connectivity index (χ3v) is 3.40. The quantitative estimate of drug-likeness (QED) is 0.909. The molecule has 7 heteroatoms. The number of carbonyl (C=O) groups is 1. The molecule has 1 aromatic rings. The number of alkyl halides is 2. The summed E-state index contributed by atoms with van der Waals surface area (Å²) in [5, 5.41) is 9.12. The van der Waals surface area contributed by atoms with Crippen LogP contribution in [0.1, 0.15) is 35.2 Å². The lowest BCUT2D eigenvalue weighted by atomic mass is 10.1. The maximum absolute atomic E-state index is 13.9. The maximum atomic E-state index is 13.9. The normalized spacial score (nSPS) is 18.7. The van der Waals surface area contributed by atoms with Gasteiger partial charge in [-0.15, -0.1) is 0 Å². The van der Waals surface area contributed by atoms with Gasteiger partial charge in [0.15, 0.2) is 0 Å². The Hall–Kier alpha value is -1.79. The van der Waals surface area contributed by atoms with Crippen LogP contribution in [-0.4, -0.2) is 35.1 Å². The molecule has 0 radical (unpaired) electrons. The number of halogens is 3. The molecule has 4 nitrogen and oxygen atoms in total. The van der Waals surface area contributed by atoms with Crippen LogP contribution in [0.3, 0.4) is 0 Å². The number of aromatic carboxylic acids is 1. The van der Waals surface area contributed by atoms with E-state index >= 15 is 0 Å². The van der Waals surface area contributed by atoms with Gasteiger partial charge in [-0.1, -0.05) is 0 Å². The first-order chi connectivity index (χ1) is 9.32. The summed E-state index contributed by atoms with van der Waals surface area (Å²) in [6.07, 6.45) is 0.798. The van der Waals surface area contributed by atoms with E-state index in [1.54, 1.807) is 0 Å². The zero-order valence-corrected chi connectivity index (χ0v) is 11.0. The van der Waals surface area contributed by atoms with Gasteiger partial charge in [0.2, 0.25) is 5.92 Å². The first kappa shape index (κ1) is 14.6. The lowest BCUT2D eigenvalue weighted by Crippen LogP contribution is -2.29. The summed E-state index contributed by atoms with van der Waals surface area (Å²) >= 11 is 0. The van der Waals surface area contributed by atoms with E-state index in [1.807, 2.05) is 0 Å². The second-order valence-corrected chi connectivity index (χ2v) is 4.96. The van der Waals surface area contributed by atoms with Crippen molar-refractivity contribution in [2.45, 2.75) is 32.1 Å². The molecule has 1 aliphatic heterocycles. The van der Waals surface area contributed by atoms with Gasteiger partial charge in [-0.3, -0.25) is 0 Å². The highest BCUT2D eigenvalue weighted by molar-refractivity contribution is 5.93. The van der Waals surface area contributed by atoms with Crippen LogP contribution in [0.4, 0.5) is 19.0 Å². The molecule has 0 aliphatic carbocycles. The molecule has 1 aliphatic rings. The number of carboxylic acids is 1. The van der Waals surface area contributed by atoms with Gasteiger partial charge < -0.3 is 10.0 Å². The van der Waals surface area contributed by atoms with Crippen molar-refractivity contribution < 1.29 is 23.1 Å². The Balaban J connectivity index is 2.38. The first-order valence-corrected chi connectivity index (χ1v) is 6.33. The number of carboxylic acid groups (broad SMARTS) is 1. The van der Waals surface area contributed by atoms with Gasteiger partial charge in [-0.25, -0.2) is 22.9 Å². The number of hydrogen-bond donors (Lipinski definition) is 1. The fraction of sp³-hybridized carbons (Fsp3) is 0.538. The number of nitrogens with zero attached hydrogens (tertiary/aromatic N) is 2. The number of aromatic nitrogens is 1. The molecule has 0 aromatic carbocycles. The van der Waals surface area contributed by atoms with E-state index in [-0.39, 0.29) is 43.7 Å².